The Morgan fingerprint density at radius 2 is 1.65 bits per heavy atom. The lowest BCUT2D eigenvalue weighted by Gasteiger charge is -2.14. The molecule has 9 heteroatoms. The number of methoxy groups -OCH3 is 4. The lowest BCUT2D eigenvalue weighted by atomic mass is 9.95. The number of carbonyl (C=O) groups is 2. The zero-order valence-corrected chi connectivity index (χ0v) is 18.1. The van der Waals surface area contributed by atoms with Crippen molar-refractivity contribution >= 4 is 23.5 Å². The standard InChI is InChI=1S/C22H23NO8/c1-23(2)10-16-18(17-12(24)9-13(27-3)20(26)22(17)31-16)19(25)11-7-14(28-4)21(30-6)15(8-11)29-5/h7-10,26H,1-6H3. The number of carbonyl (C=O) groups excluding carboxylic acids is 2. The first-order valence-corrected chi connectivity index (χ1v) is 9.16. The van der Waals surface area contributed by atoms with Gasteiger partial charge in [-0.15, -0.1) is 0 Å². The molecule has 0 unspecified atom stereocenters. The molecule has 1 heterocycles. The largest absolute Gasteiger partial charge is 0.502 e. The second-order valence-corrected chi connectivity index (χ2v) is 6.81. The summed E-state index contributed by atoms with van der Waals surface area (Å²) >= 11 is 0. The first-order valence-electron chi connectivity index (χ1n) is 9.16. The van der Waals surface area contributed by atoms with E-state index in [1.54, 1.807) is 19.0 Å². The number of allylic oxidation sites excluding steroid dienone is 1. The fraction of sp³-hybridized carbons (Fsp3) is 0.273. The molecule has 0 fully saturated rings. The van der Waals surface area contributed by atoms with Gasteiger partial charge in [-0.2, -0.15) is 0 Å². The van der Waals surface area contributed by atoms with E-state index in [2.05, 4.69) is 0 Å². The third kappa shape index (κ3) is 3.70. The summed E-state index contributed by atoms with van der Waals surface area (Å²) in [5.41, 5.74) is 0.110. The molecule has 0 spiro atoms. The molecule has 0 aliphatic heterocycles. The Morgan fingerprint density at radius 1 is 1.03 bits per heavy atom. The molecule has 0 bridgehead atoms. The van der Waals surface area contributed by atoms with Gasteiger partial charge in [0.2, 0.25) is 11.5 Å². The molecule has 1 aliphatic rings. The van der Waals surface area contributed by atoms with Gasteiger partial charge in [-0.25, -0.2) is 0 Å². The third-order valence-electron chi connectivity index (χ3n) is 4.64. The lowest BCUT2D eigenvalue weighted by Crippen LogP contribution is -2.23. The molecule has 3 rings (SSSR count). The van der Waals surface area contributed by atoms with Crippen LogP contribution in [0.4, 0.5) is 0 Å². The van der Waals surface area contributed by atoms with Crippen LogP contribution in [-0.4, -0.2) is 64.1 Å². The van der Waals surface area contributed by atoms with Crippen LogP contribution in [0.25, 0.3) is 12.0 Å². The van der Waals surface area contributed by atoms with E-state index in [4.69, 9.17) is 23.4 Å². The molecule has 1 aromatic heterocycles. The van der Waals surface area contributed by atoms with Crippen molar-refractivity contribution in [3.05, 3.63) is 51.5 Å². The van der Waals surface area contributed by atoms with E-state index in [1.807, 2.05) is 0 Å². The molecule has 1 aliphatic carbocycles. The lowest BCUT2D eigenvalue weighted by molar-refractivity contribution is 0.100. The molecular formula is C22H23NO8. The fourth-order valence-corrected chi connectivity index (χ4v) is 3.29. The summed E-state index contributed by atoms with van der Waals surface area (Å²) in [6.07, 6.45) is 2.65. The van der Waals surface area contributed by atoms with Crippen LogP contribution in [0.3, 0.4) is 0 Å². The minimum atomic E-state index is -0.525. The zero-order chi connectivity index (χ0) is 22.9. The maximum atomic E-state index is 13.6. The van der Waals surface area contributed by atoms with Gasteiger partial charge in [-0.3, -0.25) is 9.59 Å². The van der Waals surface area contributed by atoms with E-state index in [-0.39, 0.29) is 50.5 Å². The van der Waals surface area contributed by atoms with Crippen molar-refractivity contribution in [2.75, 3.05) is 42.5 Å². The van der Waals surface area contributed by atoms with Crippen LogP contribution in [0, 0.1) is 0 Å². The summed E-state index contributed by atoms with van der Waals surface area (Å²) in [6, 6.07) is 2.96. The predicted molar refractivity (Wildman–Crippen MR) is 111 cm³/mol. The molecule has 0 amide bonds. The topological polar surface area (TPSA) is 108 Å². The van der Waals surface area contributed by atoms with Crippen LogP contribution in [0.5, 0.6) is 17.2 Å². The summed E-state index contributed by atoms with van der Waals surface area (Å²) in [4.78, 5) is 28.0. The minimum Gasteiger partial charge on any atom is -0.502 e. The van der Waals surface area contributed by atoms with E-state index in [0.717, 1.165) is 6.08 Å². The normalized spacial score (nSPS) is 13.5. The maximum absolute atomic E-state index is 13.6. The Hall–Kier alpha value is -3.88. The van der Waals surface area contributed by atoms with Crippen molar-refractivity contribution in [2.45, 2.75) is 0 Å². The van der Waals surface area contributed by atoms with Crippen molar-refractivity contribution in [3.8, 4) is 17.2 Å². The summed E-state index contributed by atoms with van der Waals surface area (Å²) in [5, 5.41) is 10.5. The van der Waals surface area contributed by atoms with E-state index < -0.39 is 11.6 Å². The second kappa shape index (κ2) is 8.47. The number of fused-ring (bicyclic) bond motifs is 1. The van der Waals surface area contributed by atoms with E-state index >= 15 is 0 Å². The van der Waals surface area contributed by atoms with Gasteiger partial charge < -0.3 is 33.4 Å². The molecule has 9 nitrogen and oxygen atoms in total. The number of aliphatic hydroxyl groups excluding tert-OH is 1. The van der Waals surface area contributed by atoms with Crippen molar-refractivity contribution < 1.29 is 38.1 Å². The highest BCUT2D eigenvalue weighted by atomic mass is 16.5. The molecule has 0 saturated carbocycles. The highest BCUT2D eigenvalue weighted by Gasteiger charge is 2.31. The van der Waals surface area contributed by atoms with Crippen LogP contribution in [0.1, 0.15) is 26.3 Å². The smallest absolute Gasteiger partial charge is 0.203 e. The van der Waals surface area contributed by atoms with Crippen LogP contribution in [-0.2, 0) is 4.74 Å². The van der Waals surface area contributed by atoms with Crippen LogP contribution >= 0.6 is 0 Å². The van der Waals surface area contributed by atoms with Crippen LogP contribution in [0.15, 0.2) is 28.4 Å². The van der Waals surface area contributed by atoms with Gasteiger partial charge in [0.05, 0.1) is 39.6 Å². The number of ether oxygens (including phenoxy) is 4. The van der Waals surface area contributed by atoms with Crippen molar-refractivity contribution in [1.29, 1.82) is 0 Å². The third-order valence-corrected chi connectivity index (χ3v) is 4.64. The number of hydrogen-bond acceptors (Lipinski definition) is 9. The molecule has 164 valence electrons. The van der Waals surface area contributed by atoms with Gasteiger partial charge in [0.1, 0.15) is 0 Å². The first-order chi connectivity index (χ1) is 14.8. The number of ketones is 2. The van der Waals surface area contributed by atoms with Crippen molar-refractivity contribution in [1.82, 2.24) is 4.90 Å². The molecular weight excluding hydrogens is 406 g/mol. The number of hydrogen-bond donors (Lipinski definition) is 1. The van der Waals surface area contributed by atoms with Crippen molar-refractivity contribution in [2.24, 2.45) is 0 Å². The first kappa shape index (κ1) is 21.8. The van der Waals surface area contributed by atoms with Gasteiger partial charge in [0.15, 0.2) is 39.7 Å². The van der Waals surface area contributed by atoms with Gasteiger partial charge >= 0.3 is 0 Å². The molecule has 0 radical (unpaired) electrons. The summed E-state index contributed by atoms with van der Waals surface area (Å²) in [6.45, 7) is 0. The van der Waals surface area contributed by atoms with Gasteiger partial charge in [0.25, 0.3) is 0 Å². The number of nitrogens with zero attached hydrogens (tertiary/aromatic N) is 1. The molecule has 0 saturated heterocycles. The summed E-state index contributed by atoms with van der Waals surface area (Å²) in [5.74, 6) is -0.573. The number of rotatable bonds is 7. The molecule has 0 atom stereocenters. The second-order valence-electron chi connectivity index (χ2n) is 6.81. The number of furan rings is 1. The average molecular weight is 429 g/mol. The summed E-state index contributed by atoms with van der Waals surface area (Å²) in [7, 11) is 9.11. The van der Waals surface area contributed by atoms with E-state index in [1.165, 1.54) is 46.8 Å². The number of aliphatic hydroxyl groups is 1. The Balaban J connectivity index is 2.34. The quantitative estimate of drug-likeness (QED) is 0.650. The average Bonchev–Trinajstić information content (AvgIpc) is 3.13. The van der Waals surface area contributed by atoms with Gasteiger partial charge in [0, 0.05) is 31.9 Å². The van der Waals surface area contributed by atoms with E-state index in [0.29, 0.717) is 5.75 Å². The maximum Gasteiger partial charge on any atom is 0.203 e. The summed E-state index contributed by atoms with van der Waals surface area (Å²) < 4.78 is 26.7. The Labute approximate surface area is 178 Å². The molecule has 2 aromatic rings. The number of benzene rings is 1. The van der Waals surface area contributed by atoms with Gasteiger partial charge in [-0.1, -0.05) is 0 Å². The van der Waals surface area contributed by atoms with Crippen LogP contribution < -0.4 is 25.0 Å². The molecule has 1 aromatic carbocycles. The zero-order valence-electron chi connectivity index (χ0n) is 18.1. The Kier molecular flexibility index (Phi) is 5.96. The highest BCUT2D eigenvalue weighted by Crippen LogP contribution is 2.38. The van der Waals surface area contributed by atoms with Crippen molar-refractivity contribution in [3.63, 3.8) is 0 Å². The van der Waals surface area contributed by atoms with E-state index in [9.17, 15) is 14.7 Å². The fourth-order valence-electron chi connectivity index (χ4n) is 3.29. The van der Waals surface area contributed by atoms with Crippen LogP contribution in [0.2, 0.25) is 0 Å². The molecule has 1 N–H and O–H groups in total. The predicted octanol–water partition coefficient (Wildman–Crippen LogP) is 1.23. The Bertz CT molecular complexity index is 1180. The molecule has 31 heavy (non-hydrogen) atoms. The highest BCUT2D eigenvalue weighted by molar-refractivity contribution is 6.19. The SMILES string of the molecule is COC1=CC(=O)c2c(C(=O)c3cc(OC)c(OC)c(OC)c3)c(=CN(C)C)oc2=C1O. The van der Waals surface area contributed by atoms with Gasteiger partial charge in [-0.05, 0) is 12.1 Å². The minimum absolute atomic E-state index is 0.000857. The Morgan fingerprint density at radius 3 is 2.13 bits per heavy atom. The monoisotopic (exact) mass is 429 g/mol.